The van der Waals surface area contributed by atoms with Gasteiger partial charge in [0.1, 0.15) is 12.6 Å². The summed E-state index contributed by atoms with van der Waals surface area (Å²) in [5.41, 5.74) is 3.81. The second-order valence-corrected chi connectivity index (χ2v) is 13.6. The van der Waals surface area contributed by atoms with Crippen molar-refractivity contribution in [2.24, 2.45) is 0 Å². The van der Waals surface area contributed by atoms with Crippen LogP contribution in [-0.2, 0) is 32.6 Å². The monoisotopic (exact) mass is 675 g/mol. The Hall–Kier alpha value is -3.95. The Kier molecular flexibility index (Phi) is 11.4. The second kappa shape index (κ2) is 15.2. The number of hydrogen-bond donors (Lipinski definition) is 1. The zero-order valence-electron chi connectivity index (χ0n) is 25.2. The predicted molar refractivity (Wildman–Crippen MR) is 179 cm³/mol. The van der Waals surface area contributed by atoms with Crippen LogP contribution in [0.4, 0.5) is 5.69 Å². The van der Waals surface area contributed by atoms with Gasteiger partial charge in [0.25, 0.3) is 10.0 Å². The van der Waals surface area contributed by atoms with E-state index in [0.717, 1.165) is 37.5 Å². The number of aryl methyl sites for hydroxylation is 2. The maximum absolute atomic E-state index is 14.5. The zero-order valence-corrected chi connectivity index (χ0v) is 27.6. The fraction of sp³-hybridized carbons (Fsp3) is 0.257. The van der Waals surface area contributed by atoms with Gasteiger partial charge >= 0.3 is 0 Å². The minimum absolute atomic E-state index is 0.0759. The molecule has 0 spiro atoms. The molecule has 9 heteroatoms. The minimum Gasteiger partial charge on any atom is -0.354 e. The van der Waals surface area contributed by atoms with Crippen LogP contribution in [0.2, 0.25) is 0 Å². The Labute approximate surface area is 269 Å². The number of halogens is 1. The van der Waals surface area contributed by atoms with E-state index in [1.54, 1.807) is 30.3 Å². The Morgan fingerprint density at radius 2 is 1.43 bits per heavy atom. The van der Waals surface area contributed by atoms with Crippen LogP contribution in [0.3, 0.4) is 0 Å². The van der Waals surface area contributed by atoms with Crippen molar-refractivity contribution in [1.82, 2.24) is 10.2 Å². The molecule has 4 aromatic rings. The normalized spacial score (nSPS) is 11.9. The summed E-state index contributed by atoms with van der Waals surface area (Å²) in [7, 11) is -4.14. The van der Waals surface area contributed by atoms with Crippen molar-refractivity contribution >= 4 is 43.5 Å². The number of nitrogens with zero attached hydrogens (tertiary/aromatic N) is 2. The lowest BCUT2D eigenvalue weighted by molar-refractivity contribution is -0.140. The first kappa shape index (κ1) is 33.0. The largest absolute Gasteiger partial charge is 0.354 e. The lowest BCUT2D eigenvalue weighted by Gasteiger charge is -2.34. The second-order valence-electron chi connectivity index (χ2n) is 10.8. The van der Waals surface area contributed by atoms with Crippen LogP contribution >= 0.6 is 15.9 Å². The SMILES string of the molecule is CCCNC(=O)[C@@H](Cc1ccccc1)N(Cc1cccc(Br)c1)C(=O)CN(c1cc(C)cc(C)c1)S(=O)(=O)c1ccccc1. The third kappa shape index (κ3) is 8.57. The Morgan fingerprint density at radius 1 is 0.818 bits per heavy atom. The molecule has 7 nitrogen and oxygen atoms in total. The molecule has 0 fully saturated rings. The molecule has 1 N–H and O–H groups in total. The van der Waals surface area contributed by atoms with Gasteiger partial charge in [-0.15, -0.1) is 0 Å². The highest BCUT2D eigenvalue weighted by Gasteiger charge is 2.34. The molecule has 1 atom stereocenters. The van der Waals surface area contributed by atoms with E-state index >= 15 is 0 Å². The molecule has 230 valence electrons. The summed E-state index contributed by atoms with van der Waals surface area (Å²) in [6.45, 7) is 5.83. The van der Waals surface area contributed by atoms with Crippen LogP contribution in [0, 0.1) is 13.8 Å². The summed E-state index contributed by atoms with van der Waals surface area (Å²) in [6.07, 6.45) is 1.00. The van der Waals surface area contributed by atoms with Crippen LogP contribution in [0.15, 0.2) is 112 Å². The Morgan fingerprint density at radius 3 is 2.05 bits per heavy atom. The number of sulfonamides is 1. The number of carbonyl (C=O) groups excluding carboxylic acids is 2. The molecular weight excluding hydrogens is 638 g/mol. The molecular formula is C35H38BrN3O4S. The van der Waals surface area contributed by atoms with Crippen molar-refractivity contribution in [3.8, 4) is 0 Å². The van der Waals surface area contributed by atoms with Crippen LogP contribution in [0.5, 0.6) is 0 Å². The highest BCUT2D eigenvalue weighted by Crippen LogP contribution is 2.27. The molecule has 0 saturated heterocycles. The third-order valence-corrected chi connectivity index (χ3v) is 9.45. The topological polar surface area (TPSA) is 86.8 Å². The van der Waals surface area contributed by atoms with Gasteiger partial charge < -0.3 is 10.2 Å². The standard InChI is InChI=1S/C35H38BrN3O4S/c1-4-18-37-35(41)33(23-28-12-7-5-8-13-28)38(24-29-14-11-15-30(36)22-29)34(40)25-39(31-20-26(2)19-27(3)21-31)44(42,43)32-16-9-6-10-17-32/h5-17,19-22,33H,4,18,23-25H2,1-3H3,(H,37,41)/t33-/m1/s1. The van der Waals surface area contributed by atoms with Gasteiger partial charge in [-0.05, 0) is 78.9 Å². The first-order valence-electron chi connectivity index (χ1n) is 14.6. The van der Waals surface area contributed by atoms with Gasteiger partial charge in [0.15, 0.2) is 0 Å². The number of anilines is 1. The maximum atomic E-state index is 14.5. The van der Waals surface area contributed by atoms with E-state index < -0.39 is 28.5 Å². The van der Waals surface area contributed by atoms with Crippen molar-refractivity contribution in [3.63, 3.8) is 0 Å². The third-order valence-electron chi connectivity index (χ3n) is 7.17. The summed E-state index contributed by atoms with van der Waals surface area (Å²) in [6, 6.07) is 29.7. The van der Waals surface area contributed by atoms with Gasteiger partial charge in [-0.25, -0.2) is 8.42 Å². The fourth-order valence-electron chi connectivity index (χ4n) is 5.10. The van der Waals surface area contributed by atoms with Gasteiger partial charge in [0, 0.05) is 24.0 Å². The van der Waals surface area contributed by atoms with Crippen molar-refractivity contribution in [2.75, 3.05) is 17.4 Å². The average molecular weight is 677 g/mol. The van der Waals surface area contributed by atoms with E-state index in [9.17, 15) is 18.0 Å². The predicted octanol–water partition coefficient (Wildman–Crippen LogP) is 6.43. The number of benzene rings is 4. The molecule has 0 aliphatic rings. The van der Waals surface area contributed by atoms with Gasteiger partial charge in [-0.1, -0.05) is 89.6 Å². The number of carbonyl (C=O) groups is 2. The number of hydrogen-bond acceptors (Lipinski definition) is 4. The van der Waals surface area contributed by atoms with Crippen molar-refractivity contribution < 1.29 is 18.0 Å². The molecule has 4 aromatic carbocycles. The minimum atomic E-state index is -4.14. The maximum Gasteiger partial charge on any atom is 0.264 e. The summed E-state index contributed by atoms with van der Waals surface area (Å²) < 4.78 is 30.2. The van der Waals surface area contributed by atoms with Crippen LogP contribution in [0.1, 0.15) is 35.6 Å². The van der Waals surface area contributed by atoms with Gasteiger partial charge in [0.2, 0.25) is 11.8 Å². The fourth-order valence-corrected chi connectivity index (χ4v) is 6.96. The van der Waals surface area contributed by atoms with Crippen molar-refractivity contribution in [2.45, 2.75) is 51.1 Å². The number of rotatable bonds is 13. The molecule has 0 bridgehead atoms. The molecule has 0 aliphatic heterocycles. The van der Waals surface area contributed by atoms with Crippen LogP contribution in [-0.4, -0.2) is 44.3 Å². The molecule has 0 saturated carbocycles. The number of nitrogens with one attached hydrogen (secondary N) is 1. The molecule has 0 aromatic heterocycles. The van der Waals surface area contributed by atoms with Crippen molar-refractivity contribution in [1.29, 1.82) is 0 Å². The first-order chi connectivity index (χ1) is 21.1. The lowest BCUT2D eigenvalue weighted by Crippen LogP contribution is -2.53. The van der Waals surface area contributed by atoms with E-state index in [1.165, 1.54) is 17.0 Å². The van der Waals surface area contributed by atoms with Gasteiger partial charge in [0.05, 0.1) is 10.6 Å². The highest BCUT2D eigenvalue weighted by molar-refractivity contribution is 9.10. The lowest BCUT2D eigenvalue weighted by atomic mass is 10.0. The average Bonchev–Trinajstić information content (AvgIpc) is 3.00. The Bertz CT molecular complexity index is 1660. The highest BCUT2D eigenvalue weighted by atomic mass is 79.9. The summed E-state index contributed by atoms with van der Waals surface area (Å²) in [5.74, 6) is -0.779. The van der Waals surface area contributed by atoms with E-state index in [0.29, 0.717) is 12.2 Å². The van der Waals surface area contributed by atoms with Crippen LogP contribution in [0.25, 0.3) is 0 Å². The molecule has 0 heterocycles. The Balaban J connectivity index is 1.81. The molecule has 2 amide bonds. The summed E-state index contributed by atoms with van der Waals surface area (Å²) >= 11 is 3.51. The van der Waals surface area contributed by atoms with E-state index in [-0.39, 0.29) is 23.8 Å². The van der Waals surface area contributed by atoms with E-state index in [4.69, 9.17) is 0 Å². The molecule has 4 rings (SSSR count). The molecule has 0 unspecified atom stereocenters. The van der Waals surface area contributed by atoms with E-state index in [2.05, 4.69) is 21.2 Å². The van der Waals surface area contributed by atoms with E-state index in [1.807, 2.05) is 81.4 Å². The quantitative estimate of drug-likeness (QED) is 0.177. The van der Waals surface area contributed by atoms with Gasteiger partial charge in [-0.2, -0.15) is 0 Å². The number of amides is 2. The molecule has 44 heavy (non-hydrogen) atoms. The molecule has 0 aliphatic carbocycles. The first-order valence-corrected chi connectivity index (χ1v) is 16.8. The smallest absolute Gasteiger partial charge is 0.264 e. The van der Waals surface area contributed by atoms with Crippen LogP contribution < -0.4 is 9.62 Å². The van der Waals surface area contributed by atoms with Crippen molar-refractivity contribution in [3.05, 3.63) is 130 Å². The summed E-state index contributed by atoms with van der Waals surface area (Å²) in [4.78, 5) is 29.8. The molecule has 0 radical (unpaired) electrons. The zero-order chi connectivity index (χ0) is 31.7. The summed E-state index contributed by atoms with van der Waals surface area (Å²) in [5, 5.41) is 2.97. The van der Waals surface area contributed by atoms with Gasteiger partial charge in [-0.3, -0.25) is 13.9 Å².